The number of rotatable bonds is 4. The van der Waals surface area contributed by atoms with Crippen LogP contribution in [-0.4, -0.2) is 23.3 Å². The molecule has 0 aliphatic heterocycles. The first kappa shape index (κ1) is 15.0. The van der Waals surface area contributed by atoms with E-state index >= 15 is 0 Å². The average molecular weight is 309 g/mol. The van der Waals surface area contributed by atoms with Gasteiger partial charge in [-0.15, -0.1) is 0 Å². The molecule has 0 fully saturated rings. The second-order valence-electron chi connectivity index (χ2n) is 5.00. The molecule has 116 valence electrons. The molecule has 0 saturated carbocycles. The van der Waals surface area contributed by atoms with Gasteiger partial charge in [0.05, 0.1) is 19.3 Å². The van der Waals surface area contributed by atoms with Gasteiger partial charge in [0.2, 0.25) is 0 Å². The van der Waals surface area contributed by atoms with E-state index in [9.17, 15) is 4.79 Å². The van der Waals surface area contributed by atoms with Crippen molar-refractivity contribution in [2.45, 2.75) is 6.61 Å². The number of nitrogens with zero attached hydrogens (tertiary/aromatic N) is 1. The minimum absolute atomic E-state index is 0.00224. The molecule has 1 aromatic heterocycles. The first-order valence-electron chi connectivity index (χ1n) is 7.07. The van der Waals surface area contributed by atoms with Gasteiger partial charge in [-0.3, -0.25) is 0 Å². The molecular weight excluding hydrogens is 294 g/mol. The standard InChI is InChI=1S/C18H15NO4/c1-22-18(21)15-4-2-3-14(9-15)16-10-17(23-19-16)13-7-5-12(11-20)6-8-13/h2-10,20H,11H2,1H3. The van der Waals surface area contributed by atoms with Crippen LogP contribution in [0, 0.1) is 0 Å². The zero-order chi connectivity index (χ0) is 16.2. The number of hydrogen-bond acceptors (Lipinski definition) is 5. The topological polar surface area (TPSA) is 72.6 Å². The number of carbonyl (C=O) groups excluding carboxylic acids is 1. The van der Waals surface area contributed by atoms with Gasteiger partial charge in [-0.2, -0.15) is 0 Å². The van der Waals surface area contributed by atoms with E-state index in [1.807, 2.05) is 36.4 Å². The second-order valence-corrected chi connectivity index (χ2v) is 5.00. The molecular formula is C18H15NO4. The summed E-state index contributed by atoms with van der Waals surface area (Å²) in [6.07, 6.45) is 0. The SMILES string of the molecule is COC(=O)c1cccc(-c2cc(-c3ccc(CO)cc3)on2)c1. The van der Waals surface area contributed by atoms with Crippen LogP contribution in [0.3, 0.4) is 0 Å². The van der Waals surface area contributed by atoms with Crippen molar-refractivity contribution in [1.29, 1.82) is 0 Å². The van der Waals surface area contributed by atoms with E-state index in [1.54, 1.807) is 18.2 Å². The number of methoxy groups -OCH3 is 1. The number of aliphatic hydroxyl groups excluding tert-OH is 1. The van der Waals surface area contributed by atoms with Crippen LogP contribution in [0.5, 0.6) is 0 Å². The van der Waals surface area contributed by atoms with Crippen LogP contribution in [0.25, 0.3) is 22.6 Å². The summed E-state index contributed by atoms with van der Waals surface area (Å²) in [5.41, 5.74) is 3.57. The summed E-state index contributed by atoms with van der Waals surface area (Å²) in [5, 5.41) is 13.1. The Morgan fingerprint density at radius 3 is 2.61 bits per heavy atom. The van der Waals surface area contributed by atoms with Crippen LogP contribution in [-0.2, 0) is 11.3 Å². The summed E-state index contributed by atoms with van der Waals surface area (Å²) in [5.74, 6) is 0.225. The maximum absolute atomic E-state index is 11.6. The smallest absolute Gasteiger partial charge is 0.337 e. The van der Waals surface area contributed by atoms with Crippen molar-refractivity contribution >= 4 is 5.97 Å². The van der Waals surface area contributed by atoms with E-state index in [0.29, 0.717) is 17.0 Å². The molecule has 0 atom stereocenters. The fraction of sp³-hybridized carbons (Fsp3) is 0.111. The average Bonchev–Trinajstić information content (AvgIpc) is 3.11. The van der Waals surface area contributed by atoms with Crippen molar-refractivity contribution in [3.8, 4) is 22.6 Å². The third kappa shape index (κ3) is 3.14. The Labute approximate surface area is 133 Å². The molecule has 23 heavy (non-hydrogen) atoms. The van der Waals surface area contributed by atoms with Crippen LogP contribution in [0.4, 0.5) is 0 Å². The van der Waals surface area contributed by atoms with Crippen molar-refractivity contribution in [3.63, 3.8) is 0 Å². The molecule has 0 spiro atoms. The van der Waals surface area contributed by atoms with Gasteiger partial charge in [-0.1, -0.05) is 41.6 Å². The van der Waals surface area contributed by atoms with Gasteiger partial charge in [0, 0.05) is 17.2 Å². The van der Waals surface area contributed by atoms with Crippen molar-refractivity contribution in [3.05, 3.63) is 65.7 Å². The maximum Gasteiger partial charge on any atom is 0.337 e. The van der Waals surface area contributed by atoms with Crippen LogP contribution < -0.4 is 0 Å². The molecule has 0 aliphatic carbocycles. The first-order chi connectivity index (χ1) is 11.2. The number of benzene rings is 2. The van der Waals surface area contributed by atoms with Crippen molar-refractivity contribution in [2.24, 2.45) is 0 Å². The minimum Gasteiger partial charge on any atom is -0.465 e. The molecule has 0 bridgehead atoms. The van der Waals surface area contributed by atoms with E-state index in [-0.39, 0.29) is 6.61 Å². The fourth-order valence-electron chi connectivity index (χ4n) is 2.25. The van der Waals surface area contributed by atoms with Gasteiger partial charge in [0.1, 0.15) is 5.69 Å². The van der Waals surface area contributed by atoms with Gasteiger partial charge in [0.15, 0.2) is 5.76 Å². The Morgan fingerprint density at radius 2 is 1.91 bits per heavy atom. The highest BCUT2D eigenvalue weighted by molar-refractivity contribution is 5.90. The van der Waals surface area contributed by atoms with E-state index in [4.69, 9.17) is 14.4 Å². The predicted molar refractivity (Wildman–Crippen MR) is 84.6 cm³/mol. The molecule has 0 aliphatic rings. The van der Waals surface area contributed by atoms with Gasteiger partial charge >= 0.3 is 5.97 Å². The molecule has 5 nitrogen and oxygen atoms in total. The summed E-state index contributed by atoms with van der Waals surface area (Å²) in [6.45, 7) is 0.00224. The number of aliphatic hydroxyl groups is 1. The number of aromatic nitrogens is 1. The monoisotopic (exact) mass is 309 g/mol. The van der Waals surface area contributed by atoms with Gasteiger partial charge in [-0.25, -0.2) is 4.79 Å². The summed E-state index contributed by atoms with van der Waals surface area (Å²) < 4.78 is 10.1. The van der Waals surface area contributed by atoms with E-state index in [1.165, 1.54) is 7.11 Å². The lowest BCUT2D eigenvalue weighted by Gasteiger charge is -2.00. The van der Waals surface area contributed by atoms with Gasteiger partial charge in [-0.05, 0) is 17.7 Å². The van der Waals surface area contributed by atoms with E-state index in [2.05, 4.69) is 5.16 Å². The number of esters is 1. The molecule has 5 heteroatoms. The van der Waals surface area contributed by atoms with Crippen LogP contribution >= 0.6 is 0 Å². The highest BCUT2D eigenvalue weighted by Crippen LogP contribution is 2.26. The normalized spacial score (nSPS) is 10.5. The first-order valence-corrected chi connectivity index (χ1v) is 7.07. The minimum atomic E-state index is -0.393. The highest BCUT2D eigenvalue weighted by Gasteiger charge is 2.11. The Balaban J connectivity index is 1.90. The Kier molecular flexibility index (Phi) is 4.21. The zero-order valence-electron chi connectivity index (χ0n) is 12.5. The fourth-order valence-corrected chi connectivity index (χ4v) is 2.25. The molecule has 1 N–H and O–H groups in total. The Bertz CT molecular complexity index is 821. The predicted octanol–water partition coefficient (Wildman–Crippen LogP) is 3.29. The molecule has 3 rings (SSSR count). The zero-order valence-corrected chi connectivity index (χ0v) is 12.5. The second kappa shape index (κ2) is 6.46. The lowest BCUT2D eigenvalue weighted by molar-refractivity contribution is 0.0601. The van der Waals surface area contributed by atoms with Gasteiger partial charge in [0.25, 0.3) is 0 Å². The molecule has 0 amide bonds. The Hall–Kier alpha value is -2.92. The number of hydrogen-bond donors (Lipinski definition) is 1. The Morgan fingerprint density at radius 1 is 1.13 bits per heavy atom. The third-order valence-corrected chi connectivity index (χ3v) is 3.51. The van der Waals surface area contributed by atoms with E-state index in [0.717, 1.165) is 16.7 Å². The quantitative estimate of drug-likeness (QED) is 0.749. The van der Waals surface area contributed by atoms with Gasteiger partial charge < -0.3 is 14.4 Å². The molecule has 1 heterocycles. The molecule has 0 unspecified atom stereocenters. The lowest BCUT2D eigenvalue weighted by atomic mass is 10.1. The lowest BCUT2D eigenvalue weighted by Crippen LogP contribution is -2.00. The number of carbonyl (C=O) groups is 1. The van der Waals surface area contributed by atoms with Crippen LogP contribution in [0.1, 0.15) is 15.9 Å². The van der Waals surface area contributed by atoms with Crippen LogP contribution in [0.2, 0.25) is 0 Å². The van der Waals surface area contributed by atoms with Crippen LogP contribution in [0.15, 0.2) is 59.1 Å². The third-order valence-electron chi connectivity index (χ3n) is 3.51. The number of ether oxygens (including phenoxy) is 1. The van der Waals surface area contributed by atoms with E-state index < -0.39 is 5.97 Å². The molecule has 0 saturated heterocycles. The molecule has 0 radical (unpaired) electrons. The van der Waals surface area contributed by atoms with Crippen molar-refractivity contribution < 1.29 is 19.2 Å². The van der Waals surface area contributed by atoms with Crippen molar-refractivity contribution in [1.82, 2.24) is 5.16 Å². The highest BCUT2D eigenvalue weighted by atomic mass is 16.5. The summed E-state index contributed by atoms with van der Waals surface area (Å²) >= 11 is 0. The summed E-state index contributed by atoms with van der Waals surface area (Å²) in [4.78, 5) is 11.6. The van der Waals surface area contributed by atoms with Crippen molar-refractivity contribution in [2.75, 3.05) is 7.11 Å². The summed E-state index contributed by atoms with van der Waals surface area (Å²) in [7, 11) is 1.35. The molecule has 2 aromatic carbocycles. The maximum atomic E-state index is 11.6. The summed E-state index contributed by atoms with van der Waals surface area (Å²) in [6, 6.07) is 16.2. The molecule has 3 aromatic rings. The largest absolute Gasteiger partial charge is 0.465 e.